The Bertz CT molecular complexity index is 2060. The van der Waals surface area contributed by atoms with E-state index in [2.05, 4.69) is 18.7 Å². The standard InChI is InChI=1S/C28H24FNO3S.C8H9O3S.C2H5.Ni/c1-2-30(20-21-8-6-13-27(18-21)34(31,32)33)26-16-14-23(15-17-26)28(22-9-4-3-5-10-22)24-11-7-12-25(29)19-24;1-2-7-4-3-5-8(6-7)12(9,10)11;1-2;/h4-19H,2,20H2,1H3,(H,31,32,33);3-6H,1-2H2,(H,9,10,11);1H2,2H3;/q;2*-1;. The van der Waals surface area contributed by atoms with E-state index >= 15 is 0 Å². The summed E-state index contributed by atoms with van der Waals surface area (Å²) in [4.78, 5) is 1.90. The van der Waals surface area contributed by atoms with Gasteiger partial charge in [0.2, 0.25) is 0 Å². The van der Waals surface area contributed by atoms with Crippen molar-refractivity contribution in [2.24, 2.45) is 0 Å². The molecule has 0 amide bonds. The Balaban J connectivity index is 0.000000390. The van der Waals surface area contributed by atoms with Gasteiger partial charge in [0.1, 0.15) is 0 Å². The molecule has 49 heavy (non-hydrogen) atoms. The Hall–Kier alpha value is -3.99. The van der Waals surface area contributed by atoms with Gasteiger partial charge >= 0.3 is 161 Å². The summed E-state index contributed by atoms with van der Waals surface area (Å²) in [6, 6.07) is 26.9. The van der Waals surface area contributed by atoms with E-state index in [9.17, 15) is 25.8 Å². The number of nitrogens with zero attached hydrogens (tertiary/aromatic N) is 1. The molecule has 1 aliphatic rings. The van der Waals surface area contributed by atoms with E-state index in [1.54, 1.807) is 31.2 Å². The molecule has 4 aromatic carbocycles. The van der Waals surface area contributed by atoms with E-state index in [1.165, 1.54) is 36.4 Å². The topological polar surface area (TPSA) is 112 Å². The first-order valence-electron chi connectivity index (χ1n) is 15.1. The zero-order valence-electron chi connectivity index (χ0n) is 27.1. The molecular formula is C38H38FNNiO6S2-2. The molecular weight excluding hydrogens is 708 g/mol. The predicted molar refractivity (Wildman–Crippen MR) is 191 cm³/mol. The molecule has 0 saturated carbocycles. The third-order valence-corrected chi connectivity index (χ3v) is 9.21. The Morgan fingerprint density at radius 2 is 1.27 bits per heavy atom. The monoisotopic (exact) mass is 745 g/mol. The second-order valence-corrected chi connectivity index (χ2v) is 13.8. The molecule has 0 saturated heterocycles. The van der Waals surface area contributed by atoms with Crippen LogP contribution in [0.25, 0.3) is 5.57 Å². The van der Waals surface area contributed by atoms with Crippen molar-refractivity contribution < 1.29 is 45.4 Å². The van der Waals surface area contributed by atoms with Crippen molar-refractivity contribution in [2.75, 3.05) is 11.4 Å². The molecule has 0 spiro atoms. The van der Waals surface area contributed by atoms with Crippen LogP contribution in [0.2, 0.25) is 0 Å². The first-order valence-corrected chi connectivity index (χ1v) is 18.5. The molecule has 0 aliphatic heterocycles. The van der Waals surface area contributed by atoms with Crippen molar-refractivity contribution in [3.63, 3.8) is 0 Å². The summed E-state index contributed by atoms with van der Waals surface area (Å²) in [5.41, 5.74) is 6.05. The zero-order chi connectivity index (χ0) is 36.2. The summed E-state index contributed by atoms with van der Waals surface area (Å²) in [7, 11) is -8.32. The van der Waals surface area contributed by atoms with Gasteiger partial charge in [0.15, 0.2) is 0 Å². The molecule has 0 heterocycles. The number of halogens is 1. The van der Waals surface area contributed by atoms with E-state index < -0.39 is 20.2 Å². The van der Waals surface area contributed by atoms with E-state index in [0.29, 0.717) is 19.5 Å². The molecule has 7 nitrogen and oxygen atoms in total. The molecule has 11 heteroatoms. The van der Waals surface area contributed by atoms with E-state index in [-0.39, 0.29) is 15.6 Å². The summed E-state index contributed by atoms with van der Waals surface area (Å²) in [5.74, 6) is -0.303. The molecule has 0 unspecified atom stereocenters. The van der Waals surface area contributed by atoms with Crippen LogP contribution in [0.4, 0.5) is 10.1 Å². The number of rotatable bonds is 9. The maximum Gasteiger partial charge on any atom is 0.294 e. The average Bonchev–Trinajstić information content (AvgIpc) is 3.09. The first kappa shape index (κ1) is 39.5. The molecule has 4 aromatic rings. The van der Waals surface area contributed by atoms with E-state index in [4.69, 9.17) is 19.6 Å². The van der Waals surface area contributed by atoms with Crippen molar-refractivity contribution in [3.8, 4) is 0 Å². The first-order chi connectivity index (χ1) is 23.3. The summed E-state index contributed by atoms with van der Waals surface area (Å²) in [5, 5.41) is 0. The summed E-state index contributed by atoms with van der Waals surface area (Å²) in [6.45, 7) is 11.8. The normalized spacial score (nSPS) is 12.4. The summed E-state index contributed by atoms with van der Waals surface area (Å²) < 4.78 is 77.1. The van der Waals surface area contributed by atoms with Crippen LogP contribution in [0, 0.1) is 19.7 Å². The molecule has 0 atom stereocenters. The van der Waals surface area contributed by atoms with Gasteiger partial charge in [-0.3, -0.25) is 9.11 Å². The van der Waals surface area contributed by atoms with Crippen molar-refractivity contribution in [2.45, 2.75) is 36.6 Å². The maximum atomic E-state index is 14.1. The van der Waals surface area contributed by atoms with Gasteiger partial charge in [-0.15, -0.1) is 0 Å². The SMILES string of the molecule is CCN(Cc1cccc(S(=O)(=O)O)c1)c1ccc(C(=C2C=C[C](=[Ni])C=C2)c2cccc(F)c2)cc1.[CH2-]C.[CH2-]Cc1cccc(S(=O)(=O)O)c1. The summed E-state index contributed by atoms with van der Waals surface area (Å²) >= 11 is 4.91. The Morgan fingerprint density at radius 3 is 1.78 bits per heavy atom. The Kier molecular flexibility index (Phi) is 14.6. The predicted octanol–water partition coefficient (Wildman–Crippen LogP) is 7.90. The maximum absolute atomic E-state index is 14.1. The number of allylic oxidation sites excluding steroid dienone is 5. The third kappa shape index (κ3) is 11.6. The number of hydrogen-bond donors (Lipinski definition) is 2. The largest absolute Gasteiger partial charge is 0.346 e. The van der Waals surface area contributed by atoms with Gasteiger partial charge in [-0.2, -0.15) is 30.2 Å². The molecule has 262 valence electrons. The molecule has 0 radical (unpaired) electrons. The average molecular weight is 747 g/mol. The molecule has 1 aliphatic carbocycles. The summed E-state index contributed by atoms with van der Waals surface area (Å²) in [6.07, 6.45) is 8.16. The number of benzene rings is 4. The van der Waals surface area contributed by atoms with Crippen LogP contribution >= 0.6 is 0 Å². The van der Waals surface area contributed by atoms with Crippen LogP contribution in [0.15, 0.2) is 137 Å². The van der Waals surface area contributed by atoms with Crippen LogP contribution in [0.1, 0.15) is 36.1 Å². The van der Waals surface area contributed by atoms with Crippen molar-refractivity contribution in [1.29, 1.82) is 0 Å². The number of anilines is 1. The quantitative estimate of drug-likeness (QED) is 0.102. The van der Waals surface area contributed by atoms with Crippen molar-refractivity contribution >= 4 is 36.0 Å². The Morgan fingerprint density at radius 1 is 0.735 bits per heavy atom. The third-order valence-electron chi connectivity index (χ3n) is 7.18. The van der Waals surface area contributed by atoms with E-state index in [0.717, 1.165) is 43.6 Å². The fourth-order valence-corrected chi connectivity index (χ4v) is 6.13. The second kappa shape index (κ2) is 18.1. The van der Waals surface area contributed by atoms with Crippen LogP contribution in [0.5, 0.6) is 0 Å². The smallest absolute Gasteiger partial charge is 0.294 e. The van der Waals surface area contributed by atoms with Gasteiger partial charge in [0.05, 0.1) is 9.79 Å². The zero-order valence-corrected chi connectivity index (χ0v) is 29.7. The van der Waals surface area contributed by atoms with Gasteiger partial charge in [-0.25, -0.2) is 0 Å². The minimum Gasteiger partial charge on any atom is -0.346 e. The minimum absolute atomic E-state index is 0.0800. The van der Waals surface area contributed by atoms with Gasteiger partial charge in [0, 0.05) is 0 Å². The van der Waals surface area contributed by atoms with Crippen LogP contribution in [-0.2, 0) is 48.2 Å². The van der Waals surface area contributed by atoms with Crippen LogP contribution in [0.3, 0.4) is 0 Å². The van der Waals surface area contributed by atoms with Crippen LogP contribution < -0.4 is 4.90 Å². The fraction of sp³-hybridized carbons (Fsp3) is 0.132. The van der Waals surface area contributed by atoms with Gasteiger partial charge in [-0.1, -0.05) is 29.8 Å². The fourth-order valence-electron chi connectivity index (χ4n) is 4.86. The molecule has 0 fully saturated rings. The molecule has 2 N–H and O–H groups in total. The van der Waals surface area contributed by atoms with Crippen molar-refractivity contribution in [3.05, 3.63) is 169 Å². The number of hydrogen-bond acceptors (Lipinski definition) is 5. The molecule has 5 rings (SSSR count). The van der Waals surface area contributed by atoms with Crippen molar-refractivity contribution in [1.82, 2.24) is 0 Å². The molecule has 0 bridgehead atoms. The Labute approximate surface area is 296 Å². The van der Waals surface area contributed by atoms with Gasteiger partial charge in [-0.05, 0) is 24.3 Å². The van der Waals surface area contributed by atoms with Gasteiger partial charge in [0.25, 0.3) is 20.2 Å². The minimum atomic E-state index is -4.26. The van der Waals surface area contributed by atoms with Gasteiger partial charge < -0.3 is 13.8 Å². The van der Waals surface area contributed by atoms with E-state index in [1.807, 2.05) is 67.6 Å². The molecule has 0 aromatic heterocycles. The van der Waals surface area contributed by atoms with Crippen LogP contribution in [-0.4, -0.2) is 37.0 Å². The second-order valence-electron chi connectivity index (χ2n) is 10.4.